The van der Waals surface area contributed by atoms with Gasteiger partial charge in [0.1, 0.15) is 0 Å². The molecule has 1 aromatic carbocycles. The molecule has 152 valence electrons. The second kappa shape index (κ2) is 10.3. The van der Waals surface area contributed by atoms with Crippen molar-refractivity contribution in [2.45, 2.75) is 52.7 Å². The number of aromatic nitrogens is 1. The SMILES string of the molecule is CN=C(NCc1ccc(NC(=O)NC(C)C)cc1)NCc1cc(C(C)C)no1. The zero-order valence-electron chi connectivity index (χ0n) is 17.2. The molecule has 0 atom stereocenters. The zero-order chi connectivity index (χ0) is 20.5. The Kier molecular flexibility index (Phi) is 7.86. The van der Waals surface area contributed by atoms with Crippen LogP contribution >= 0.6 is 0 Å². The second-order valence-corrected chi connectivity index (χ2v) is 7.10. The number of hydrogen-bond acceptors (Lipinski definition) is 4. The van der Waals surface area contributed by atoms with Crippen LogP contribution < -0.4 is 21.3 Å². The highest BCUT2D eigenvalue weighted by Gasteiger charge is 2.08. The smallest absolute Gasteiger partial charge is 0.319 e. The lowest BCUT2D eigenvalue weighted by atomic mass is 10.1. The monoisotopic (exact) mass is 386 g/mol. The zero-order valence-corrected chi connectivity index (χ0v) is 17.2. The lowest BCUT2D eigenvalue weighted by Crippen LogP contribution is -2.36. The number of aliphatic imine (C=N–C) groups is 1. The molecular weight excluding hydrogens is 356 g/mol. The van der Waals surface area contributed by atoms with Crippen LogP contribution in [0.3, 0.4) is 0 Å². The van der Waals surface area contributed by atoms with Crippen LogP contribution in [-0.4, -0.2) is 30.2 Å². The number of rotatable bonds is 7. The first-order valence-corrected chi connectivity index (χ1v) is 9.43. The number of amides is 2. The topological polar surface area (TPSA) is 104 Å². The summed E-state index contributed by atoms with van der Waals surface area (Å²) in [6.07, 6.45) is 0. The second-order valence-electron chi connectivity index (χ2n) is 7.10. The van der Waals surface area contributed by atoms with Crippen molar-refractivity contribution in [2.24, 2.45) is 4.99 Å². The lowest BCUT2D eigenvalue weighted by Gasteiger charge is -2.12. The highest BCUT2D eigenvalue weighted by molar-refractivity contribution is 5.89. The first-order valence-electron chi connectivity index (χ1n) is 9.43. The molecule has 0 radical (unpaired) electrons. The van der Waals surface area contributed by atoms with Crippen LogP contribution in [0, 0.1) is 0 Å². The van der Waals surface area contributed by atoms with Crippen LogP contribution in [0.5, 0.6) is 0 Å². The van der Waals surface area contributed by atoms with Crippen molar-refractivity contribution in [3.63, 3.8) is 0 Å². The van der Waals surface area contributed by atoms with E-state index in [0.29, 0.717) is 25.0 Å². The van der Waals surface area contributed by atoms with Crippen LogP contribution in [-0.2, 0) is 13.1 Å². The number of carbonyl (C=O) groups is 1. The number of nitrogens with zero attached hydrogens (tertiary/aromatic N) is 2. The summed E-state index contributed by atoms with van der Waals surface area (Å²) >= 11 is 0. The normalized spacial score (nSPS) is 11.6. The molecular formula is C20H30N6O2. The van der Waals surface area contributed by atoms with Crippen LogP contribution in [0.2, 0.25) is 0 Å². The molecule has 0 saturated carbocycles. The van der Waals surface area contributed by atoms with Gasteiger partial charge in [-0.1, -0.05) is 31.1 Å². The van der Waals surface area contributed by atoms with Crippen LogP contribution in [0.25, 0.3) is 0 Å². The van der Waals surface area contributed by atoms with Gasteiger partial charge in [-0.3, -0.25) is 4.99 Å². The molecule has 0 unspecified atom stereocenters. The molecule has 1 heterocycles. The molecule has 28 heavy (non-hydrogen) atoms. The molecule has 0 saturated heterocycles. The lowest BCUT2D eigenvalue weighted by molar-refractivity contribution is 0.250. The van der Waals surface area contributed by atoms with Gasteiger partial charge in [0, 0.05) is 31.4 Å². The number of hydrogen-bond donors (Lipinski definition) is 4. The molecule has 0 fully saturated rings. The molecule has 0 spiro atoms. The largest absolute Gasteiger partial charge is 0.359 e. The third-order valence-corrected chi connectivity index (χ3v) is 3.91. The summed E-state index contributed by atoms with van der Waals surface area (Å²) < 4.78 is 5.32. The van der Waals surface area contributed by atoms with E-state index in [1.807, 2.05) is 44.2 Å². The Balaban J connectivity index is 1.80. The first-order chi connectivity index (χ1) is 13.4. The number of anilines is 1. The van der Waals surface area contributed by atoms with E-state index < -0.39 is 0 Å². The predicted molar refractivity (Wildman–Crippen MR) is 111 cm³/mol. The maximum atomic E-state index is 11.7. The highest BCUT2D eigenvalue weighted by Crippen LogP contribution is 2.13. The predicted octanol–water partition coefficient (Wildman–Crippen LogP) is 3.19. The minimum atomic E-state index is -0.210. The van der Waals surface area contributed by atoms with Crippen LogP contribution in [0.4, 0.5) is 10.5 Å². The summed E-state index contributed by atoms with van der Waals surface area (Å²) in [5.41, 5.74) is 2.76. The van der Waals surface area contributed by atoms with E-state index in [4.69, 9.17) is 4.52 Å². The van der Waals surface area contributed by atoms with Gasteiger partial charge in [0.15, 0.2) is 11.7 Å². The summed E-state index contributed by atoms with van der Waals surface area (Å²) in [4.78, 5) is 15.9. The molecule has 8 nitrogen and oxygen atoms in total. The van der Waals surface area contributed by atoms with E-state index in [1.54, 1.807) is 7.05 Å². The Bertz CT molecular complexity index is 780. The van der Waals surface area contributed by atoms with Crippen molar-refractivity contribution in [1.29, 1.82) is 0 Å². The fourth-order valence-electron chi connectivity index (χ4n) is 2.40. The van der Waals surface area contributed by atoms with Gasteiger partial charge in [0.2, 0.25) is 0 Å². The van der Waals surface area contributed by atoms with E-state index in [2.05, 4.69) is 45.3 Å². The van der Waals surface area contributed by atoms with E-state index >= 15 is 0 Å². The molecule has 0 aliphatic rings. The Morgan fingerprint density at radius 3 is 2.36 bits per heavy atom. The van der Waals surface area contributed by atoms with Crippen LogP contribution in [0.1, 0.15) is 50.6 Å². The average molecular weight is 387 g/mol. The Morgan fingerprint density at radius 2 is 1.79 bits per heavy atom. The molecule has 4 N–H and O–H groups in total. The summed E-state index contributed by atoms with van der Waals surface area (Å²) in [6, 6.07) is 9.49. The molecule has 2 aromatic rings. The maximum absolute atomic E-state index is 11.7. The Labute approximate surface area is 166 Å². The fraction of sp³-hybridized carbons (Fsp3) is 0.450. The van der Waals surface area contributed by atoms with E-state index in [-0.39, 0.29) is 12.1 Å². The molecule has 2 amide bonds. The van der Waals surface area contributed by atoms with Crippen molar-refractivity contribution >= 4 is 17.7 Å². The van der Waals surface area contributed by atoms with Crippen molar-refractivity contribution in [3.05, 3.63) is 47.3 Å². The summed E-state index contributed by atoms with van der Waals surface area (Å²) in [6.45, 7) is 9.10. The third kappa shape index (κ3) is 6.94. The quantitative estimate of drug-likeness (QED) is 0.432. The minimum absolute atomic E-state index is 0.0941. The van der Waals surface area contributed by atoms with Crippen molar-refractivity contribution in [1.82, 2.24) is 21.1 Å². The number of benzene rings is 1. The molecule has 0 aliphatic heterocycles. The van der Waals surface area contributed by atoms with Crippen molar-refractivity contribution in [2.75, 3.05) is 12.4 Å². The van der Waals surface area contributed by atoms with Crippen LogP contribution in [0.15, 0.2) is 39.8 Å². The molecule has 0 bridgehead atoms. The third-order valence-electron chi connectivity index (χ3n) is 3.91. The molecule has 1 aromatic heterocycles. The van der Waals surface area contributed by atoms with Gasteiger partial charge in [0.25, 0.3) is 0 Å². The van der Waals surface area contributed by atoms with E-state index in [9.17, 15) is 4.79 Å². The summed E-state index contributed by atoms with van der Waals surface area (Å²) in [7, 11) is 1.72. The fourth-order valence-corrected chi connectivity index (χ4v) is 2.40. The number of carbonyl (C=O) groups excluding carboxylic acids is 1. The maximum Gasteiger partial charge on any atom is 0.319 e. The first kappa shape index (κ1) is 21.3. The molecule has 8 heteroatoms. The average Bonchev–Trinajstić information content (AvgIpc) is 3.12. The Hall–Kier alpha value is -3.03. The Morgan fingerprint density at radius 1 is 1.11 bits per heavy atom. The van der Waals surface area contributed by atoms with Gasteiger partial charge in [-0.05, 0) is 37.5 Å². The number of guanidine groups is 1. The van der Waals surface area contributed by atoms with Gasteiger partial charge in [0.05, 0.1) is 12.2 Å². The standard InChI is InChI=1S/C20H30N6O2/c1-13(2)18-10-17(28-26-18)12-23-19(21-5)22-11-15-6-8-16(9-7-15)25-20(27)24-14(3)4/h6-10,13-14H,11-12H2,1-5H3,(H2,21,22,23)(H2,24,25,27). The van der Waals surface area contributed by atoms with Crippen molar-refractivity contribution < 1.29 is 9.32 Å². The van der Waals surface area contributed by atoms with Gasteiger partial charge < -0.3 is 25.8 Å². The summed E-state index contributed by atoms with van der Waals surface area (Å²) in [5, 5.41) is 16.1. The molecule has 0 aliphatic carbocycles. The van der Waals surface area contributed by atoms with E-state index in [1.165, 1.54) is 0 Å². The minimum Gasteiger partial charge on any atom is -0.359 e. The number of urea groups is 1. The summed E-state index contributed by atoms with van der Waals surface area (Å²) in [5.74, 6) is 1.77. The van der Waals surface area contributed by atoms with Gasteiger partial charge in [-0.2, -0.15) is 0 Å². The van der Waals surface area contributed by atoms with Gasteiger partial charge >= 0.3 is 6.03 Å². The highest BCUT2D eigenvalue weighted by atomic mass is 16.5. The van der Waals surface area contributed by atoms with Gasteiger partial charge in [-0.15, -0.1) is 0 Å². The van der Waals surface area contributed by atoms with E-state index in [0.717, 1.165) is 22.7 Å². The van der Waals surface area contributed by atoms with Gasteiger partial charge in [-0.25, -0.2) is 4.79 Å². The number of nitrogens with one attached hydrogen (secondary N) is 4. The van der Waals surface area contributed by atoms with Crippen molar-refractivity contribution in [3.8, 4) is 0 Å². The molecule has 2 rings (SSSR count).